The highest BCUT2D eigenvalue weighted by Crippen LogP contribution is 2.37. The third-order valence-corrected chi connectivity index (χ3v) is 6.00. The molecule has 1 aliphatic rings. The highest BCUT2D eigenvalue weighted by Gasteiger charge is 2.24. The minimum Gasteiger partial charge on any atom is -0.377 e. The van der Waals surface area contributed by atoms with Crippen LogP contribution in [-0.4, -0.2) is 4.98 Å². The van der Waals surface area contributed by atoms with Crippen molar-refractivity contribution in [3.63, 3.8) is 0 Å². The van der Waals surface area contributed by atoms with Crippen molar-refractivity contribution in [2.24, 2.45) is 0 Å². The lowest BCUT2D eigenvalue weighted by Gasteiger charge is -2.25. The van der Waals surface area contributed by atoms with Crippen LogP contribution >= 0.6 is 15.9 Å². The molecule has 5 rings (SSSR count). The summed E-state index contributed by atoms with van der Waals surface area (Å²) in [5.74, 6) is 0. The first kappa shape index (κ1) is 16.6. The number of hydrogen-bond acceptors (Lipinski definition) is 1. The number of rotatable bonds is 3. The van der Waals surface area contributed by atoms with Gasteiger partial charge in [0.1, 0.15) is 0 Å². The molecule has 0 fully saturated rings. The van der Waals surface area contributed by atoms with Gasteiger partial charge in [-0.05, 0) is 66.3 Å². The third-order valence-electron chi connectivity index (χ3n) is 5.50. The lowest BCUT2D eigenvalue weighted by molar-refractivity contribution is 0.593. The van der Waals surface area contributed by atoms with Gasteiger partial charge in [0, 0.05) is 26.8 Å². The van der Waals surface area contributed by atoms with Gasteiger partial charge in [0.15, 0.2) is 0 Å². The molecule has 1 aromatic heterocycles. The van der Waals surface area contributed by atoms with E-state index >= 15 is 0 Å². The van der Waals surface area contributed by atoms with Gasteiger partial charge in [-0.25, -0.2) is 0 Å². The van der Waals surface area contributed by atoms with Gasteiger partial charge in [-0.3, -0.25) is 0 Å². The molecule has 4 aromatic rings. The van der Waals surface area contributed by atoms with E-state index in [0.29, 0.717) is 6.04 Å². The molecule has 0 bridgehead atoms. The van der Waals surface area contributed by atoms with E-state index < -0.39 is 0 Å². The first-order chi connectivity index (χ1) is 13.3. The second-order valence-corrected chi connectivity index (χ2v) is 8.16. The summed E-state index contributed by atoms with van der Waals surface area (Å²) in [6, 6.07) is 26.1. The Labute approximate surface area is 167 Å². The minimum atomic E-state index is 0.336. The molecule has 0 aliphatic heterocycles. The smallest absolute Gasteiger partial charge is 0.0666 e. The number of aryl methyl sites for hydroxylation is 1. The number of fused-ring (bicyclic) bond motifs is 3. The highest BCUT2D eigenvalue weighted by molar-refractivity contribution is 9.10. The topological polar surface area (TPSA) is 27.8 Å². The Morgan fingerprint density at radius 2 is 1.67 bits per heavy atom. The second kappa shape index (κ2) is 6.90. The first-order valence-corrected chi connectivity index (χ1v) is 10.3. The van der Waals surface area contributed by atoms with E-state index in [2.05, 4.69) is 99.0 Å². The molecule has 0 saturated heterocycles. The van der Waals surface area contributed by atoms with Crippen molar-refractivity contribution in [1.82, 2.24) is 4.98 Å². The van der Waals surface area contributed by atoms with E-state index in [1.54, 1.807) is 0 Å². The predicted molar refractivity (Wildman–Crippen MR) is 117 cm³/mol. The average Bonchev–Trinajstić information content (AvgIpc) is 3.08. The molecule has 0 amide bonds. The summed E-state index contributed by atoms with van der Waals surface area (Å²) in [5.41, 5.74) is 7.73. The van der Waals surface area contributed by atoms with Crippen LogP contribution < -0.4 is 5.32 Å². The molecule has 27 heavy (non-hydrogen) atoms. The van der Waals surface area contributed by atoms with Crippen molar-refractivity contribution in [1.29, 1.82) is 0 Å². The fraction of sp³-hybridized carbons (Fsp3) is 0.167. The van der Waals surface area contributed by atoms with Crippen LogP contribution in [0.5, 0.6) is 0 Å². The Morgan fingerprint density at radius 1 is 0.889 bits per heavy atom. The second-order valence-electron chi connectivity index (χ2n) is 7.24. The fourth-order valence-electron chi connectivity index (χ4n) is 4.17. The zero-order chi connectivity index (χ0) is 18.2. The molecule has 0 spiro atoms. The molecule has 0 radical (unpaired) electrons. The normalized spacial score (nSPS) is 16.3. The van der Waals surface area contributed by atoms with Crippen molar-refractivity contribution in [2.45, 2.75) is 25.3 Å². The van der Waals surface area contributed by atoms with Crippen LogP contribution in [0.4, 0.5) is 5.69 Å². The molecule has 1 atom stereocenters. The van der Waals surface area contributed by atoms with Crippen molar-refractivity contribution in [3.05, 3.63) is 88.5 Å². The predicted octanol–water partition coefficient (Wildman–Crippen LogP) is 7.09. The molecule has 3 heteroatoms. The number of aromatic nitrogens is 1. The van der Waals surface area contributed by atoms with E-state index in [9.17, 15) is 0 Å². The molecule has 134 valence electrons. The number of halogens is 1. The molecule has 2 N–H and O–H groups in total. The van der Waals surface area contributed by atoms with Gasteiger partial charge in [-0.1, -0.05) is 58.4 Å². The first-order valence-electron chi connectivity index (χ1n) is 9.50. The number of aromatic amines is 1. The van der Waals surface area contributed by atoms with Crippen LogP contribution in [0, 0.1) is 0 Å². The average molecular weight is 417 g/mol. The summed E-state index contributed by atoms with van der Waals surface area (Å²) >= 11 is 3.61. The molecule has 0 saturated carbocycles. The van der Waals surface area contributed by atoms with Crippen LogP contribution in [0.15, 0.2) is 77.3 Å². The monoisotopic (exact) mass is 416 g/mol. The van der Waals surface area contributed by atoms with Crippen LogP contribution in [0.25, 0.3) is 22.0 Å². The Kier molecular flexibility index (Phi) is 4.25. The van der Waals surface area contributed by atoms with E-state index in [-0.39, 0.29) is 0 Å². The van der Waals surface area contributed by atoms with E-state index in [1.807, 2.05) is 0 Å². The minimum absolute atomic E-state index is 0.336. The Bertz CT molecular complexity index is 1080. The summed E-state index contributed by atoms with van der Waals surface area (Å²) < 4.78 is 1.14. The summed E-state index contributed by atoms with van der Waals surface area (Å²) in [6.07, 6.45) is 3.52. The van der Waals surface area contributed by atoms with Crippen molar-refractivity contribution in [3.8, 4) is 11.1 Å². The molecular formula is C24H21BrN2. The van der Waals surface area contributed by atoms with Crippen molar-refractivity contribution in [2.75, 3.05) is 5.32 Å². The van der Waals surface area contributed by atoms with Crippen molar-refractivity contribution < 1.29 is 0 Å². The summed E-state index contributed by atoms with van der Waals surface area (Å²) in [6.45, 7) is 0. The van der Waals surface area contributed by atoms with Crippen LogP contribution in [0.1, 0.15) is 30.1 Å². The van der Waals surface area contributed by atoms with Crippen molar-refractivity contribution >= 4 is 32.5 Å². The largest absolute Gasteiger partial charge is 0.377 e. The van der Waals surface area contributed by atoms with Crippen LogP contribution in [0.3, 0.4) is 0 Å². The summed E-state index contributed by atoms with van der Waals surface area (Å²) in [5, 5.41) is 5.10. The lowest BCUT2D eigenvalue weighted by atomic mass is 9.91. The molecular weight excluding hydrogens is 396 g/mol. The van der Waals surface area contributed by atoms with Gasteiger partial charge in [0.05, 0.1) is 6.04 Å². The molecule has 2 nitrogen and oxygen atoms in total. The van der Waals surface area contributed by atoms with E-state index in [0.717, 1.165) is 17.3 Å². The molecule has 3 aromatic carbocycles. The van der Waals surface area contributed by atoms with Gasteiger partial charge in [-0.15, -0.1) is 0 Å². The molecule has 1 aliphatic carbocycles. The maximum atomic E-state index is 3.75. The zero-order valence-corrected chi connectivity index (χ0v) is 16.6. The van der Waals surface area contributed by atoms with E-state index in [4.69, 9.17) is 0 Å². The summed E-state index contributed by atoms with van der Waals surface area (Å²) in [4.78, 5) is 3.67. The standard InChI is InChI=1S/C24H21BrN2/c25-18-11-14-22-21(15-18)20-7-4-8-23(24(20)27-22)26-19-12-9-17(10-13-19)16-5-2-1-3-6-16/h1-3,5-6,9-15,23,26-27H,4,7-8H2. The Morgan fingerprint density at radius 3 is 2.48 bits per heavy atom. The molecule has 1 heterocycles. The number of benzene rings is 3. The molecule has 1 unspecified atom stereocenters. The van der Waals surface area contributed by atoms with Gasteiger partial charge >= 0.3 is 0 Å². The third kappa shape index (κ3) is 3.17. The van der Waals surface area contributed by atoms with Gasteiger partial charge in [-0.2, -0.15) is 0 Å². The lowest BCUT2D eigenvalue weighted by Crippen LogP contribution is -2.17. The van der Waals surface area contributed by atoms with Crippen LogP contribution in [-0.2, 0) is 6.42 Å². The summed E-state index contributed by atoms with van der Waals surface area (Å²) in [7, 11) is 0. The fourth-order valence-corrected chi connectivity index (χ4v) is 4.53. The SMILES string of the molecule is Brc1ccc2[nH]c3c(c2c1)CCCC3Nc1ccc(-c2ccccc2)cc1. The number of H-pyrrole nitrogens is 1. The Hall–Kier alpha value is -2.52. The number of anilines is 1. The van der Waals surface area contributed by atoms with E-state index in [1.165, 1.54) is 45.4 Å². The van der Waals surface area contributed by atoms with Gasteiger partial charge < -0.3 is 10.3 Å². The maximum Gasteiger partial charge on any atom is 0.0666 e. The zero-order valence-electron chi connectivity index (χ0n) is 15.0. The quantitative estimate of drug-likeness (QED) is 0.366. The van der Waals surface area contributed by atoms with Crippen LogP contribution in [0.2, 0.25) is 0 Å². The van der Waals surface area contributed by atoms with Gasteiger partial charge in [0.2, 0.25) is 0 Å². The highest BCUT2D eigenvalue weighted by atomic mass is 79.9. The van der Waals surface area contributed by atoms with Gasteiger partial charge in [0.25, 0.3) is 0 Å². The Balaban J connectivity index is 1.43. The number of nitrogens with one attached hydrogen (secondary N) is 2. The maximum absolute atomic E-state index is 3.75. The number of hydrogen-bond donors (Lipinski definition) is 2.